The Morgan fingerprint density at radius 1 is 1.03 bits per heavy atom. The number of hydrogen-bond donors (Lipinski definition) is 2. The predicted octanol–water partition coefficient (Wildman–Crippen LogP) is 3.10. The van der Waals surface area contributed by atoms with Crippen LogP contribution < -0.4 is 0 Å². The number of rotatable bonds is 9. The summed E-state index contributed by atoms with van der Waals surface area (Å²) in [6.07, 6.45) is -1.74. The minimum Gasteiger partial charge on any atom is -0.390 e. The van der Waals surface area contributed by atoms with Gasteiger partial charge in [0.2, 0.25) is 0 Å². The van der Waals surface area contributed by atoms with Gasteiger partial charge in [0.15, 0.2) is 0 Å². The summed E-state index contributed by atoms with van der Waals surface area (Å²) in [4.78, 5) is 0. The molecule has 1 saturated heterocycles. The van der Waals surface area contributed by atoms with Gasteiger partial charge in [0.25, 0.3) is 0 Å². The summed E-state index contributed by atoms with van der Waals surface area (Å²) in [7, 11) is 0. The number of aliphatic hydroxyl groups excluding tert-OH is 2. The largest absolute Gasteiger partial charge is 0.390 e. The third kappa shape index (κ3) is 5.75. The van der Waals surface area contributed by atoms with E-state index in [9.17, 15) is 10.2 Å². The van der Waals surface area contributed by atoms with Crippen LogP contribution in [0.5, 0.6) is 0 Å². The second-order valence-electron chi connectivity index (χ2n) is 7.48. The molecule has 156 valence electrons. The number of aliphatic hydroxyl groups is 2. The Hall–Kier alpha value is -2.02. The second kappa shape index (κ2) is 10.7. The van der Waals surface area contributed by atoms with Crippen molar-refractivity contribution in [2.24, 2.45) is 5.92 Å². The molecule has 5 heteroatoms. The molecule has 1 fully saturated rings. The number of ether oxygens (including phenoxy) is 3. The van der Waals surface area contributed by atoms with Crippen molar-refractivity contribution in [3.05, 3.63) is 84.4 Å². The summed E-state index contributed by atoms with van der Waals surface area (Å²) in [6, 6.07) is 19.6. The van der Waals surface area contributed by atoms with Gasteiger partial charge in [0.05, 0.1) is 32.0 Å². The minimum absolute atomic E-state index is 0.109. The Balaban J connectivity index is 1.64. The van der Waals surface area contributed by atoms with E-state index < -0.39 is 30.5 Å². The third-order valence-corrected chi connectivity index (χ3v) is 5.33. The Labute approximate surface area is 172 Å². The highest BCUT2D eigenvalue weighted by atomic mass is 16.6. The maximum atomic E-state index is 10.8. The fourth-order valence-electron chi connectivity index (χ4n) is 3.62. The molecule has 0 saturated carbocycles. The summed E-state index contributed by atoms with van der Waals surface area (Å²) in [5.41, 5.74) is 2.06. The summed E-state index contributed by atoms with van der Waals surface area (Å²) in [6.45, 7) is 6.54. The lowest BCUT2D eigenvalue weighted by molar-refractivity contribution is -0.231. The molecule has 0 unspecified atom stereocenters. The quantitative estimate of drug-likeness (QED) is 0.636. The van der Waals surface area contributed by atoms with E-state index in [1.54, 1.807) is 6.08 Å². The molecule has 0 spiro atoms. The van der Waals surface area contributed by atoms with Gasteiger partial charge in [-0.05, 0) is 11.1 Å². The van der Waals surface area contributed by atoms with E-state index in [-0.39, 0.29) is 12.5 Å². The van der Waals surface area contributed by atoms with Crippen molar-refractivity contribution in [1.29, 1.82) is 0 Å². The van der Waals surface area contributed by atoms with Gasteiger partial charge in [0.1, 0.15) is 18.3 Å². The first-order valence-electron chi connectivity index (χ1n) is 10.0. The lowest BCUT2D eigenvalue weighted by atomic mass is 9.85. The molecule has 1 heterocycles. The van der Waals surface area contributed by atoms with E-state index >= 15 is 0 Å². The fourth-order valence-corrected chi connectivity index (χ4v) is 3.62. The van der Waals surface area contributed by atoms with Crippen molar-refractivity contribution in [2.75, 3.05) is 6.61 Å². The molecular weight excluding hydrogens is 368 g/mol. The maximum absolute atomic E-state index is 10.8. The topological polar surface area (TPSA) is 68.2 Å². The van der Waals surface area contributed by atoms with Gasteiger partial charge in [-0.3, -0.25) is 0 Å². The van der Waals surface area contributed by atoms with Crippen molar-refractivity contribution < 1.29 is 24.4 Å². The summed E-state index contributed by atoms with van der Waals surface area (Å²) in [5.74, 6) is -0.232. The number of hydrogen-bond acceptors (Lipinski definition) is 5. The van der Waals surface area contributed by atoms with Gasteiger partial charge in [-0.15, -0.1) is 6.58 Å². The van der Waals surface area contributed by atoms with Gasteiger partial charge in [-0.2, -0.15) is 0 Å². The predicted molar refractivity (Wildman–Crippen MR) is 111 cm³/mol. The molecule has 1 aliphatic heterocycles. The van der Waals surface area contributed by atoms with Crippen LogP contribution in [0.4, 0.5) is 0 Å². The molecule has 0 aliphatic carbocycles. The first-order chi connectivity index (χ1) is 14.1. The Bertz CT molecular complexity index is 735. The highest BCUT2D eigenvalue weighted by Crippen LogP contribution is 2.31. The molecule has 5 nitrogen and oxygen atoms in total. The highest BCUT2D eigenvalue weighted by Gasteiger charge is 2.45. The van der Waals surface area contributed by atoms with Crippen LogP contribution in [0.2, 0.25) is 0 Å². The maximum Gasteiger partial charge on any atom is 0.113 e. The monoisotopic (exact) mass is 398 g/mol. The average molecular weight is 398 g/mol. The van der Waals surface area contributed by atoms with Crippen LogP contribution in [-0.4, -0.2) is 47.3 Å². The Morgan fingerprint density at radius 3 is 2.21 bits per heavy atom. The molecule has 2 aromatic rings. The van der Waals surface area contributed by atoms with E-state index in [0.29, 0.717) is 13.2 Å². The minimum atomic E-state index is -0.892. The number of benzene rings is 2. The molecule has 0 radical (unpaired) electrons. The van der Waals surface area contributed by atoms with Gasteiger partial charge in [-0.1, -0.05) is 73.7 Å². The highest BCUT2D eigenvalue weighted by molar-refractivity contribution is 5.14. The molecule has 0 amide bonds. The zero-order valence-corrected chi connectivity index (χ0v) is 16.8. The van der Waals surface area contributed by atoms with Crippen LogP contribution in [0, 0.1) is 5.92 Å². The van der Waals surface area contributed by atoms with Crippen LogP contribution in [0.15, 0.2) is 73.3 Å². The summed E-state index contributed by atoms with van der Waals surface area (Å²) >= 11 is 0. The Morgan fingerprint density at radius 2 is 1.62 bits per heavy atom. The molecular formula is C24H30O5. The van der Waals surface area contributed by atoms with E-state index in [2.05, 4.69) is 6.58 Å². The van der Waals surface area contributed by atoms with Crippen molar-refractivity contribution in [3.8, 4) is 0 Å². The lowest BCUT2D eigenvalue weighted by Gasteiger charge is -2.44. The van der Waals surface area contributed by atoms with Gasteiger partial charge >= 0.3 is 0 Å². The first-order valence-corrected chi connectivity index (χ1v) is 10.0. The van der Waals surface area contributed by atoms with Crippen LogP contribution in [0.3, 0.4) is 0 Å². The average Bonchev–Trinajstić information content (AvgIpc) is 2.76. The van der Waals surface area contributed by atoms with Crippen molar-refractivity contribution in [1.82, 2.24) is 0 Å². The second-order valence-corrected chi connectivity index (χ2v) is 7.48. The van der Waals surface area contributed by atoms with Crippen LogP contribution >= 0.6 is 0 Å². The van der Waals surface area contributed by atoms with Crippen LogP contribution in [-0.2, 0) is 27.4 Å². The normalized spacial score (nSPS) is 28.0. The molecule has 1 aliphatic rings. The molecule has 29 heavy (non-hydrogen) atoms. The Kier molecular flexibility index (Phi) is 7.98. The van der Waals surface area contributed by atoms with Crippen LogP contribution in [0.25, 0.3) is 0 Å². The van der Waals surface area contributed by atoms with Gasteiger partial charge in [0, 0.05) is 5.92 Å². The van der Waals surface area contributed by atoms with Crippen molar-refractivity contribution in [2.45, 2.75) is 50.7 Å². The van der Waals surface area contributed by atoms with E-state index in [1.165, 1.54) is 0 Å². The molecule has 3 rings (SSSR count). The molecule has 2 N–H and O–H groups in total. The lowest BCUT2D eigenvalue weighted by Crippen LogP contribution is -2.58. The SMILES string of the molecule is C=C[C@@H]1O[C@H]([C@H](O)COCc2ccccc2)[C@@H](OCc2ccccc2)[C@H](C)[C@H]1O. The van der Waals surface area contributed by atoms with E-state index in [4.69, 9.17) is 14.2 Å². The summed E-state index contributed by atoms with van der Waals surface area (Å²) < 4.78 is 17.8. The van der Waals surface area contributed by atoms with Crippen molar-refractivity contribution in [3.63, 3.8) is 0 Å². The zero-order valence-electron chi connectivity index (χ0n) is 16.8. The van der Waals surface area contributed by atoms with Crippen molar-refractivity contribution >= 4 is 0 Å². The standard InChI is InChI=1S/C24H30O5/c1-3-21-22(26)17(2)23(28-15-19-12-8-5-9-13-19)24(29-21)20(25)16-27-14-18-10-6-4-7-11-18/h3-13,17,20-26H,1,14-16H2,2H3/t17-,20-,21+,22-,23+,24-/m1/s1. The molecule has 0 bridgehead atoms. The molecule has 2 aromatic carbocycles. The molecule has 0 aromatic heterocycles. The first kappa shape index (κ1) is 21.7. The molecule has 6 atom stereocenters. The fraction of sp³-hybridized carbons (Fsp3) is 0.417. The van der Waals surface area contributed by atoms with Gasteiger partial charge < -0.3 is 24.4 Å². The zero-order chi connectivity index (χ0) is 20.6. The summed E-state index contributed by atoms with van der Waals surface area (Å²) in [5, 5.41) is 21.3. The van der Waals surface area contributed by atoms with Crippen LogP contribution in [0.1, 0.15) is 18.1 Å². The van der Waals surface area contributed by atoms with E-state index in [0.717, 1.165) is 11.1 Å². The third-order valence-electron chi connectivity index (χ3n) is 5.33. The van der Waals surface area contributed by atoms with Gasteiger partial charge in [-0.25, -0.2) is 0 Å². The smallest absolute Gasteiger partial charge is 0.113 e. The van der Waals surface area contributed by atoms with E-state index in [1.807, 2.05) is 67.6 Å².